The molecule has 0 nitrogen and oxygen atoms in total. The molecule has 208 valence electrons. The Morgan fingerprint density at radius 2 is 1.05 bits per heavy atom. The Labute approximate surface area is 258 Å². The standard InChI is InChI=1S/C39H28S.C3H6/c1-3-14-29-34-23-13-24-35(39(34)40-36(29)4-2)38-32-21-10-8-19-30(32)37(31-20-9-11-22-33(31)38)28-18-12-17-27(25-28)26-15-6-5-7-16-26;1-3-2/h3-25H,2H2,1H3;3H,1H2,2H3/b14-3-;. The van der Waals surface area contributed by atoms with Gasteiger partial charge in [0.05, 0.1) is 0 Å². The van der Waals surface area contributed by atoms with Gasteiger partial charge >= 0.3 is 0 Å². The average molecular weight is 571 g/mol. The van der Waals surface area contributed by atoms with Crippen molar-refractivity contribution in [2.24, 2.45) is 0 Å². The molecular weight excluding hydrogens is 537 g/mol. The Bertz CT molecular complexity index is 2070. The molecule has 0 unspecified atom stereocenters. The van der Waals surface area contributed by atoms with Gasteiger partial charge in [0.15, 0.2) is 0 Å². The van der Waals surface area contributed by atoms with Gasteiger partial charge in [0.2, 0.25) is 0 Å². The minimum absolute atomic E-state index is 1.21. The summed E-state index contributed by atoms with van der Waals surface area (Å²) in [6.07, 6.45) is 8.06. The fraction of sp³-hybridized carbons (Fsp3) is 0.0476. The van der Waals surface area contributed by atoms with Crippen molar-refractivity contribution < 1.29 is 0 Å². The minimum Gasteiger partial charge on any atom is -0.135 e. The van der Waals surface area contributed by atoms with Crippen molar-refractivity contribution in [2.45, 2.75) is 13.8 Å². The first kappa shape index (κ1) is 28.2. The van der Waals surface area contributed by atoms with E-state index in [2.05, 4.69) is 154 Å². The summed E-state index contributed by atoms with van der Waals surface area (Å²) >= 11 is 1.83. The Balaban J connectivity index is 0.00000105. The van der Waals surface area contributed by atoms with Crippen LogP contribution in [0.25, 0.3) is 77.2 Å². The van der Waals surface area contributed by atoms with Gasteiger partial charge in [-0.3, -0.25) is 0 Å². The Morgan fingerprint density at radius 3 is 1.65 bits per heavy atom. The van der Waals surface area contributed by atoms with Gasteiger partial charge in [-0.05, 0) is 74.8 Å². The van der Waals surface area contributed by atoms with Crippen molar-refractivity contribution in [2.75, 3.05) is 0 Å². The second kappa shape index (κ2) is 12.5. The molecule has 1 heteroatoms. The van der Waals surface area contributed by atoms with Gasteiger partial charge in [-0.1, -0.05) is 146 Å². The molecule has 0 amide bonds. The fourth-order valence-electron chi connectivity index (χ4n) is 6.06. The van der Waals surface area contributed by atoms with Gasteiger partial charge in [-0.15, -0.1) is 17.9 Å². The van der Waals surface area contributed by atoms with Crippen LogP contribution in [0.5, 0.6) is 0 Å². The summed E-state index contributed by atoms with van der Waals surface area (Å²) in [5, 5.41) is 6.37. The normalized spacial score (nSPS) is 11.1. The van der Waals surface area contributed by atoms with Crippen molar-refractivity contribution in [3.8, 4) is 33.4 Å². The maximum atomic E-state index is 4.12. The zero-order valence-electron chi connectivity index (χ0n) is 24.7. The molecule has 1 heterocycles. The fourth-order valence-corrected chi connectivity index (χ4v) is 7.22. The molecule has 0 aliphatic rings. The van der Waals surface area contributed by atoms with E-state index in [4.69, 9.17) is 0 Å². The SMILES string of the molecule is C=CC.C=Cc1sc2c(-c3c4ccccc4c(-c4cccc(-c5ccccc5)c4)c4ccccc34)cccc2c1/C=C\C. The maximum Gasteiger partial charge on any atom is 0.0434 e. The highest BCUT2D eigenvalue weighted by atomic mass is 32.1. The van der Waals surface area contributed by atoms with Crippen LogP contribution < -0.4 is 0 Å². The highest BCUT2D eigenvalue weighted by Crippen LogP contribution is 2.47. The third-order valence-corrected chi connectivity index (χ3v) is 9.01. The first-order valence-electron chi connectivity index (χ1n) is 14.7. The lowest BCUT2D eigenvalue weighted by atomic mass is 9.85. The summed E-state index contributed by atoms with van der Waals surface area (Å²) in [7, 11) is 0. The number of hydrogen-bond donors (Lipinski definition) is 0. The zero-order valence-corrected chi connectivity index (χ0v) is 25.5. The van der Waals surface area contributed by atoms with E-state index in [-0.39, 0.29) is 0 Å². The number of rotatable bonds is 5. The molecule has 43 heavy (non-hydrogen) atoms. The Morgan fingerprint density at radius 1 is 0.535 bits per heavy atom. The molecule has 7 rings (SSSR count). The third kappa shape index (κ3) is 5.14. The van der Waals surface area contributed by atoms with E-state index >= 15 is 0 Å². The number of benzene rings is 6. The highest BCUT2D eigenvalue weighted by molar-refractivity contribution is 7.20. The zero-order chi connectivity index (χ0) is 29.8. The van der Waals surface area contributed by atoms with Crippen molar-refractivity contribution in [3.05, 3.63) is 157 Å². The first-order chi connectivity index (χ1) is 21.2. The van der Waals surface area contributed by atoms with Gasteiger partial charge < -0.3 is 0 Å². The second-order valence-corrected chi connectivity index (χ2v) is 11.5. The summed E-state index contributed by atoms with van der Waals surface area (Å²) in [4.78, 5) is 1.21. The molecule has 0 spiro atoms. The van der Waals surface area contributed by atoms with Crippen molar-refractivity contribution >= 4 is 55.1 Å². The number of hydrogen-bond acceptors (Lipinski definition) is 1. The van der Waals surface area contributed by atoms with E-state index < -0.39 is 0 Å². The summed E-state index contributed by atoms with van der Waals surface area (Å²) in [6.45, 7) is 11.4. The summed E-state index contributed by atoms with van der Waals surface area (Å²) in [6, 6.07) is 44.1. The van der Waals surface area contributed by atoms with Crippen LogP contribution in [0.3, 0.4) is 0 Å². The first-order valence-corrected chi connectivity index (χ1v) is 15.5. The third-order valence-electron chi connectivity index (χ3n) is 7.76. The molecule has 0 radical (unpaired) electrons. The molecule has 1 aromatic heterocycles. The molecule has 0 bridgehead atoms. The number of fused-ring (bicyclic) bond motifs is 3. The summed E-state index contributed by atoms with van der Waals surface area (Å²) < 4.78 is 1.31. The largest absolute Gasteiger partial charge is 0.135 e. The summed E-state index contributed by atoms with van der Waals surface area (Å²) in [5.41, 5.74) is 8.80. The van der Waals surface area contributed by atoms with Gasteiger partial charge in [-0.2, -0.15) is 0 Å². The van der Waals surface area contributed by atoms with Gasteiger partial charge in [0.1, 0.15) is 0 Å². The smallest absolute Gasteiger partial charge is 0.0434 e. The molecule has 0 atom stereocenters. The van der Waals surface area contributed by atoms with E-state index in [1.165, 1.54) is 75.5 Å². The Hall–Kier alpha value is -4.98. The monoisotopic (exact) mass is 570 g/mol. The predicted molar refractivity (Wildman–Crippen MR) is 194 cm³/mol. The molecule has 0 N–H and O–H groups in total. The van der Waals surface area contributed by atoms with E-state index in [0.717, 1.165) is 0 Å². The molecular formula is C42H34S. The van der Waals surface area contributed by atoms with E-state index in [0.29, 0.717) is 0 Å². The lowest BCUT2D eigenvalue weighted by Gasteiger charge is -2.18. The van der Waals surface area contributed by atoms with Crippen LogP contribution in [0, 0.1) is 0 Å². The number of allylic oxidation sites excluding steroid dienone is 2. The van der Waals surface area contributed by atoms with Gasteiger partial charge in [0, 0.05) is 20.5 Å². The molecule has 0 saturated carbocycles. The second-order valence-electron chi connectivity index (χ2n) is 10.5. The quantitative estimate of drug-likeness (QED) is 0.143. The maximum absolute atomic E-state index is 4.12. The molecule has 0 saturated heterocycles. The van der Waals surface area contributed by atoms with Crippen LogP contribution in [0.1, 0.15) is 24.3 Å². The lowest BCUT2D eigenvalue weighted by molar-refractivity contribution is 1.61. The average Bonchev–Trinajstić information content (AvgIpc) is 3.42. The van der Waals surface area contributed by atoms with Crippen LogP contribution in [0.2, 0.25) is 0 Å². The van der Waals surface area contributed by atoms with Gasteiger partial charge in [-0.25, -0.2) is 0 Å². The van der Waals surface area contributed by atoms with Crippen LogP contribution in [-0.4, -0.2) is 0 Å². The highest BCUT2D eigenvalue weighted by Gasteiger charge is 2.20. The molecule has 7 aromatic rings. The topological polar surface area (TPSA) is 0 Å². The predicted octanol–water partition coefficient (Wildman–Crippen LogP) is 13.1. The van der Waals surface area contributed by atoms with Crippen molar-refractivity contribution in [1.82, 2.24) is 0 Å². The Kier molecular flexibility index (Phi) is 8.18. The molecule has 0 aliphatic carbocycles. The molecule has 0 fully saturated rings. The lowest BCUT2D eigenvalue weighted by Crippen LogP contribution is -1.91. The van der Waals surface area contributed by atoms with E-state index in [1.807, 2.05) is 24.3 Å². The van der Waals surface area contributed by atoms with E-state index in [1.54, 1.807) is 6.08 Å². The van der Waals surface area contributed by atoms with Crippen LogP contribution in [0.15, 0.2) is 147 Å². The van der Waals surface area contributed by atoms with E-state index in [9.17, 15) is 0 Å². The van der Waals surface area contributed by atoms with Gasteiger partial charge in [0.25, 0.3) is 0 Å². The van der Waals surface area contributed by atoms with Crippen LogP contribution >= 0.6 is 11.3 Å². The van der Waals surface area contributed by atoms with Crippen LogP contribution in [-0.2, 0) is 0 Å². The molecule has 0 aliphatic heterocycles. The van der Waals surface area contributed by atoms with Crippen molar-refractivity contribution in [1.29, 1.82) is 0 Å². The number of thiophene rings is 1. The summed E-state index contributed by atoms with van der Waals surface area (Å²) in [5.74, 6) is 0. The van der Waals surface area contributed by atoms with Crippen molar-refractivity contribution in [3.63, 3.8) is 0 Å². The minimum atomic E-state index is 1.21. The molecule has 6 aromatic carbocycles. The van der Waals surface area contributed by atoms with Crippen LogP contribution in [0.4, 0.5) is 0 Å².